The maximum Gasteiger partial charge on any atom is 0.0406 e. The molecule has 0 spiro atoms. The predicted octanol–water partition coefficient (Wildman–Crippen LogP) is 2.89. The van der Waals surface area contributed by atoms with E-state index >= 15 is 0 Å². The van der Waals surface area contributed by atoms with Crippen molar-refractivity contribution in [2.75, 3.05) is 11.5 Å². The van der Waals surface area contributed by atoms with Crippen molar-refractivity contribution in [1.82, 2.24) is 0 Å². The van der Waals surface area contributed by atoms with Gasteiger partial charge in [-0.3, -0.25) is 0 Å². The average Bonchev–Trinajstić information content (AvgIpc) is 2.64. The van der Waals surface area contributed by atoms with Gasteiger partial charge in [-0.2, -0.15) is 0 Å². The second-order valence-electron chi connectivity index (χ2n) is 3.27. The van der Waals surface area contributed by atoms with Crippen LogP contribution in [0.2, 0.25) is 0 Å². The summed E-state index contributed by atoms with van der Waals surface area (Å²) in [4.78, 5) is 1.16. The van der Waals surface area contributed by atoms with E-state index in [4.69, 9.17) is 11.5 Å². The summed E-state index contributed by atoms with van der Waals surface area (Å²) >= 11 is 1.67. The highest BCUT2D eigenvalue weighted by atomic mass is 32.1. The van der Waals surface area contributed by atoms with Crippen molar-refractivity contribution in [3.05, 3.63) is 35.2 Å². The van der Waals surface area contributed by atoms with Gasteiger partial charge in [-0.25, -0.2) is 0 Å². The summed E-state index contributed by atoms with van der Waals surface area (Å²) in [6.45, 7) is 1.96. The molecular formula is C11H12N2S. The molecule has 0 unspecified atom stereocenters. The van der Waals surface area contributed by atoms with Gasteiger partial charge in [0.25, 0.3) is 0 Å². The zero-order valence-electron chi connectivity index (χ0n) is 7.95. The quantitative estimate of drug-likeness (QED) is 0.702. The van der Waals surface area contributed by atoms with Gasteiger partial charge in [0, 0.05) is 21.8 Å². The molecular weight excluding hydrogens is 192 g/mol. The van der Waals surface area contributed by atoms with E-state index in [9.17, 15) is 0 Å². The van der Waals surface area contributed by atoms with Crippen LogP contribution in [0.4, 0.5) is 11.4 Å². The standard InChI is InChI=1S/C11H12N2S/c1-7-5-10(13)8(6-9(7)12)11-3-2-4-14-11/h2-6H,12-13H2,1H3. The van der Waals surface area contributed by atoms with Crippen molar-refractivity contribution in [2.24, 2.45) is 0 Å². The van der Waals surface area contributed by atoms with E-state index < -0.39 is 0 Å². The molecule has 0 aliphatic carbocycles. The van der Waals surface area contributed by atoms with E-state index in [1.165, 1.54) is 0 Å². The second-order valence-corrected chi connectivity index (χ2v) is 4.22. The lowest BCUT2D eigenvalue weighted by molar-refractivity contribution is 1.47. The number of rotatable bonds is 1. The summed E-state index contributed by atoms with van der Waals surface area (Å²) in [6.07, 6.45) is 0. The minimum absolute atomic E-state index is 0.791. The van der Waals surface area contributed by atoms with E-state index in [1.807, 2.05) is 36.6 Å². The van der Waals surface area contributed by atoms with Gasteiger partial charge < -0.3 is 11.5 Å². The van der Waals surface area contributed by atoms with Gasteiger partial charge in [-0.15, -0.1) is 11.3 Å². The first kappa shape index (κ1) is 9.09. The van der Waals surface area contributed by atoms with Crippen molar-refractivity contribution >= 4 is 22.7 Å². The Kier molecular flexibility index (Phi) is 2.17. The first-order valence-corrected chi connectivity index (χ1v) is 5.26. The van der Waals surface area contributed by atoms with Gasteiger partial charge in [-0.1, -0.05) is 6.07 Å². The zero-order valence-corrected chi connectivity index (χ0v) is 8.77. The van der Waals surface area contributed by atoms with Crippen molar-refractivity contribution in [3.8, 4) is 10.4 Å². The fraction of sp³-hybridized carbons (Fsp3) is 0.0909. The fourth-order valence-corrected chi connectivity index (χ4v) is 2.16. The number of hydrogen-bond acceptors (Lipinski definition) is 3. The van der Waals surface area contributed by atoms with Gasteiger partial charge in [-0.05, 0) is 36.1 Å². The normalized spacial score (nSPS) is 10.4. The lowest BCUT2D eigenvalue weighted by atomic mass is 10.1. The molecule has 0 aliphatic heterocycles. The number of nitrogen functional groups attached to an aromatic ring is 2. The molecule has 0 radical (unpaired) electrons. The van der Waals surface area contributed by atoms with E-state index in [1.54, 1.807) is 11.3 Å². The third-order valence-corrected chi connectivity index (χ3v) is 3.13. The number of hydrogen-bond donors (Lipinski definition) is 2. The number of anilines is 2. The first-order chi connectivity index (χ1) is 6.68. The van der Waals surface area contributed by atoms with E-state index in [0.717, 1.165) is 27.4 Å². The highest BCUT2D eigenvalue weighted by molar-refractivity contribution is 7.13. The third kappa shape index (κ3) is 1.46. The molecule has 0 fully saturated rings. The Labute approximate surface area is 87.2 Å². The maximum absolute atomic E-state index is 5.93. The van der Waals surface area contributed by atoms with E-state index in [0.29, 0.717) is 0 Å². The Bertz CT molecular complexity index is 447. The summed E-state index contributed by atoms with van der Waals surface area (Å²) in [6, 6.07) is 7.92. The van der Waals surface area contributed by atoms with Gasteiger partial charge in [0.2, 0.25) is 0 Å². The molecule has 2 rings (SSSR count). The summed E-state index contributed by atoms with van der Waals surface area (Å²) in [5, 5.41) is 2.03. The van der Waals surface area contributed by atoms with Gasteiger partial charge >= 0.3 is 0 Å². The molecule has 0 aliphatic rings. The van der Waals surface area contributed by atoms with Crippen molar-refractivity contribution in [2.45, 2.75) is 6.92 Å². The van der Waals surface area contributed by atoms with Crippen LogP contribution in [0.25, 0.3) is 10.4 Å². The van der Waals surface area contributed by atoms with Crippen LogP contribution in [0.1, 0.15) is 5.56 Å². The van der Waals surface area contributed by atoms with Crippen molar-refractivity contribution in [3.63, 3.8) is 0 Å². The predicted molar refractivity (Wildman–Crippen MR) is 63.3 cm³/mol. The minimum atomic E-state index is 0.791. The molecule has 0 saturated heterocycles. The Morgan fingerprint density at radius 3 is 2.57 bits per heavy atom. The SMILES string of the molecule is Cc1cc(N)c(-c2cccs2)cc1N. The fourth-order valence-electron chi connectivity index (χ4n) is 1.39. The summed E-state index contributed by atoms with van der Waals surface area (Å²) in [5.74, 6) is 0. The smallest absolute Gasteiger partial charge is 0.0406 e. The minimum Gasteiger partial charge on any atom is -0.398 e. The molecule has 72 valence electrons. The first-order valence-electron chi connectivity index (χ1n) is 4.38. The van der Waals surface area contributed by atoms with Gasteiger partial charge in [0.05, 0.1) is 0 Å². The summed E-state index contributed by atoms with van der Waals surface area (Å²) < 4.78 is 0. The van der Waals surface area contributed by atoms with Crippen LogP contribution in [0.5, 0.6) is 0 Å². The van der Waals surface area contributed by atoms with Gasteiger partial charge in [0.1, 0.15) is 0 Å². The Morgan fingerprint density at radius 1 is 1.14 bits per heavy atom. The van der Waals surface area contributed by atoms with Crippen LogP contribution in [-0.2, 0) is 0 Å². The molecule has 14 heavy (non-hydrogen) atoms. The molecule has 4 N–H and O–H groups in total. The molecule has 2 nitrogen and oxygen atoms in total. The van der Waals surface area contributed by atoms with E-state index in [2.05, 4.69) is 0 Å². The van der Waals surface area contributed by atoms with Crippen LogP contribution in [0.3, 0.4) is 0 Å². The Hall–Kier alpha value is -1.48. The van der Waals surface area contributed by atoms with Gasteiger partial charge in [0.15, 0.2) is 0 Å². The summed E-state index contributed by atoms with van der Waals surface area (Å²) in [7, 11) is 0. The molecule has 0 saturated carbocycles. The second kappa shape index (κ2) is 3.35. The molecule has 1 heterocycles. The highest BCUT2D eigenvalue weighted by Crippen LogP contribution is 2.32. The van der Waals surface area contributed by atoms with Crippen LogP contribution < -0.4 is 11.5 Å². The van der Waals surface area contributed by atoms with Crippen LogP contribution in [0, 0.1) is 6.92 Å². The molecule has 0 amide bonds. The van der Waals surface area contributed by atoms with Crippen molar-refractivity contribution in [1.29, 1.82) is 0 Å². The number of benzene rings is 1. The van der Waals surface area contributed by atoms with Crippen LogP contribution >= 0.6 is 11.3 Å². The molecule has 1 aromatic heterocycles. The lowest BCUT2D eigenvalue weighted by Crippen LogP contribution is -1.95. The highest BCUT2D eigenvalue weighted by Gasteiger charge is 2.05. The maximum atomic E-state index is 5.93. The molecule has 3 heteroatoms. The summed E-state index contributed by atoms with van der Waals surface area (Å²) in [5.41, 5.74) is 15.4. The zero-order chi connectivity index (χ0) is 10.1. The largest absolute Gasteiger partial charge is 0.398 e. The van der Waals surface area contributed by atoms with E-state index in [-0.39, 0.29) is 0 Å². The molecule has 2 aromatic rings. The number of nitrogens with two attached hydrogens (primary N) is 2. The monoisotopic (exact) mass is 204 g/mol. The average molecular weight is 204 g/mol. The van der Waals surface area contributed by atoms with Crippen LogP contribution in [-0.4, -0.2) is 0 Å². The molecule has 0 bridgehead atoms. The topological polar surface area (TPSA) is 52.0 Å². The van der Waals surface area contributed by atoms with Crippen LogP contribution in [0.15, 0.2) is 29.6 Å². The number of thiophene rings is 1. The molecule has 0 atom stereocenters. The molecule has 1 aromatic carbocycles. The van der Waals surface area contributed by atoms with Crippen molar-refractivity contribution < 1.29 is 0 Å². The lowest BCUT2D eigenvalue weighted by Gasteiger charge is -2.07. The Morgan fingerprint density at radius 2 is 1.93 bits per heavy atom. The Balaban J connectivity index is 2.60. The number of aryl methyl sites for hydroxylation is 1. The third-order valence-electron chi connectivity index (χ3n) is 2.22.